The number of rotatable bonds is 2. The summed E-state index contributed by atoms with van der Waals surface area (Å²) in [5, 5.41) is 9.07. The van der Waals surface area contributed by atoms with Crippen LogP contribution in [0.1, 0.15) is 24.4 Å². The molecule has 1 aromatic heterocycles. The third kappa shape index (κ3) is 2.12. The van der Waals surface area contributed by atoms with Gasteiger partial charge in [-0.1, -0.05) is 18.2 Å². The van der Waals surface area contributed by atoms with Crippen LogP contribution in [-0.4, -0.2) is 9.55 Å². The average Bonchev–Trinajstić information content (AvgIpc) is 3.27. The van der Waals surface area contributed by atoms with E-state index in [-0.39, 0.29) is 0 Å². The summed E-state index contributed by atoms with van der Waals surface area (Å²) in [6, 6.07) is 16.8. The summed E-state index contributed by atoms with van der Waals surface area (Å²) in [6.45, 7) is 0. The minimum Gasteiger partial charge on any atom is -0.321 e. The highest BCUT2D eigenvalue weighted by molar-refractivity contribution is 14.1. The van der Waals surface area contributed by atoms with Crippen LogP contribution in [-0.2, 0) is 0 Å². The second kappa shape index (κ2) is 4.85. The van der Waals surface area contributed by atoms with E-state index in [1.165, 1.54) is 22.0 Å². The van der Waals surface area contributed by atoms with E-state index in [4.69, 9.17) is 10.2 Å². The van der Waals surface area contributed by atoms with Gasteiger partial charge in [-0.2, -0.15) is 5.26 Å². The Hall–Kier alpha value is -1.87. The van der Waals surface area contributed by atoms with E-state index >= 15 is 0 Å². The van der Waals surface area contributed by atoms with Crippen molar-refractivity contribution in [3.05, 3.63) is 51.6 Å². The second-order valence-electron chi connectivity index (χ2n) is 5.33. The Morgan fingerprint density at radius 1 is 1.19 bits per heavy atom. The van der Waals surface area contributed by atoms with Crippen LogP contribution in [0, 0.1) is 14.9 Å². The summed E-state index contributed by atoms with van der Waals surface area (Å²) in [5.74, 6) is 1.02. The Morgan fingerprint density at radius 3 is 2.71 bits per heavy atom. The van der Waals surface area contributed by atoms with Gasteiger partial charge in [0.2, 0.25) is 0 Å². The molecule has 1 aliphatic rings. The molecule has 0 amide bonds. The van der Waals surface area contributed by atoms with Gasteiger partial charge < -0.3 is 4.57 Å². The Bertz CT molecular complexity index is 885. The number of hydrogen-bond acceptors (Lipinski definition) is 2. The molecule has 4 heteroatoms. The summed E-state index contributed by atoms with van der Waals surface area (Å²) in [4.78, 5) is 4.82. The topological polar surface area (TPSA) is 41.6 Å². The molecule has 0 N–H and O–H groups in total. The molecule has 0 bridgehead atoms. The van der Waals surface area contributed by atoms with E-state index < -0.39 is 0 Å². The first-order valence-electron chi connectivity index (χ1n) is 6.95. The first-order chi connectivity index (χ1) is 10.3. The summed E-state index contributed by atoms with van der Waals surface area (Å²) >= 11 is 2.36. The van der Waals surface area contributed by atoms with Crippen molar-refractivity contribution in [2.45, 2.75) is 18.9 Å². The van der Waals surface area contributed by atoms with Crippen molar-refractivity contribution in [1.82, 2.24) is 9.55 Å². The number of fused-ring (bicyclic) bond motifs is 1. The summed E-state index contributed by atoms with van der Waals surface area (Å²) < 4.78 is 3.54. The Morgan fingerprint density at radius 2 is 2.00 bits per heavy atom. The van der Waals surface area contributed by atoms with Crippen molar-refractivity contribution in [3.63, 3.8) is 0 Å². The summed E-state index contributed by atoms with van der Waals surface area (Å²) in [7, 11) is 0. The zero-order chi connectivity index (χ0) is 14.4. The van der Waals surface area contributed by atoms with E-state index in [0.29, 0.717) is 11.6 Å². The van der Waals surface area contributed by atoms with E-state index in [0.717, 1.165) is 16.9 Å². The lowest BCUT2D eigenvalue weighted by Gasteiger charge is -2.09. The fourth-order valence-electron chi connectivity index (χ4n) is 2.70. The van der Waals surface area contributed by atoms with Crippen LogP contribution in [0.15, 0.2) is 42.5 Å². The van der Waals surface area contributed by atoms with Crippen molar-refractivity contribution in [1.29, 1.82) is 5.26 Å². The van der Waals surface area contributed by atoms with Crippen molar-refractivity contribution in [3.8, 4) is 17.5 Å². The molecule has 0 spiro atoms. The molecule has 0 unspecified atom stereocenters. The van der Waals surface area contributed by atoms with Gasteiger partial charge in [-0.25, -0.2) is 4.98 Å². The van der Waals surface area contributed by atoms with Gasteiger partial charge in [-0.15, -0.1) is 0 Å². The van der Waals surface area contributed by atoms with Gasteiger partial charge in [0.25, 0.3) is 0 Å². The molecule has 1 heterocycles. The molecule has 0 radical (unpaired) electrons. The Labute approximate surface area is 136 Å². The quantitative estimate of drug-likeness (QED) is 0.609. The number of nitriles is 1. The van der Waals surface area contributed by atoms with Gasteiger partial charge in [-0.3, -0.25) is 0 Å². The van der Waals surface area contributed by atoms with Crippen LogP contribution in [0.4, 0.5) is 0 Å². The molecule has 1 fully saturated rings. The Kier molecular flexibility index (Phi) is 2.96. The van der Waals surface area contributed by atoms with Gasteiger partial charge >= 0.3 is 0 Å². The second-order valence-corrected chi connectivity index (χ2v) is 6.49. The maximum atomic E-state index is 9.07. The number of benzene rings is 2. The third-order valence-corrected chi connectivity index (χ3v) is 4.79. The maximum absolute atomic E-state index is 9.07. The lowest BCUT2D eigenvalue weighted by atomic mass is 10.2. The summed E-state index contributed by atoms with van der Waals surface area (Å²) in [6.07, 6.45) is 2.42. The van der Waals surface area contributed by atoms with E-state index in [2.05, 4.69) is 51.4 Å². The molecule has 1 saturated carbocycles. The molecule has 0 saturated heterocycles. The normalized spacial score (nSPS) is 14.3. The van der Waals surface area contributed by atoms with Gasteiger partial charge in [0.1, 0.15) is 5.82 Å². The van der Waals surface area contributed by atoms with Crippen LogP contribution in [0.25, 0.3) is 22.4 Å². The molecule has 102 valence electrons. The first-order valence-corrected chi connectivity index (χ1v) is 8.03. The number of hydrogen-bond donors (Lipinski definition) is 0. The van der Waals surface area contributed by atoms with E-state index in [1.807, 2.05) is 24.3 Å². The minimum atomic E-state index is 0.550. The van der Waals surface area contributed by atoms with Crippen molar-refractivity contribution in [2.75, 3.05) is 0 Å². The fraction of sp³-hybridized carbons (Fsp3) is 0.176. The molecule has 1 aliphatic carbocycles. The standard InChI is InChI=1S/C17H12IN3/c18-14-4-2-1-3-13(14)17-20-15-9-11(10-19)5-8-16(15)21(17)12-6-7-12/h1-5,8-9,12H,6-7H2. The molecular formula is C17H12IN3. The molecular weight excluding hydrogens is 373 g/mol. The predicted octanol–water partition coefficient (Wildman–Crippen LogP) is 4.51. The largest absolute Gasteiger partial charge is 0.321 e. The minimum absolute atomic E-state index is 0.550. The number of imidazole rings is 1. The molecule has 3 aromatic rings. The number of aromatic nitrogens is 2. The van der Waals surface area contributed by atoms with Crippen molar-refractivity contribution in [2.24, 2.45) is 0 Å². The molecule has 2 aromatic carbocycles. The predicted molar refractivity (Wildman–Crippen MR) is 90.9 cm³/mol. The lowest BCUT2D eigenvalue weighted by Crippen LogP contribution is -1.98. The van der Waals surface area contributed by atoms with E-state index in [1.54, 1.807) is 0 Å². The molecule has 4 rings (SSSR count). The monoisotopic (exact) mass is 385 g/mol. The van der Waals surface area contributed by atoms with Gasteiger partial charge in [0.15, 0.2) is 0 Å². The highest BCUT2D eigenvalue weighted by Crippen LogP contribution is 2.42. The number of nitrogens with zero attached hydrogens (tertiary/aromatic N) is 3. The lowest BCUT2D eigenvalue weighted by molar-refractivity contribution is 0.775. The smallest absolute Gasteiger partial charge is 0.142 e. The Balaban J connectivity index is 2.02. The third-order valence-electron chi connectivity index (χ3n) is 3.85. The zero-order valence-electron chi connectivity index (χ0n) is 11.3. The molecule has 3 nitrogen and oxygen atoms in total. The van der Waals surface area contributed by atoms with Gasteiger partial charge in [-0.05, 0) is 59.7 Å². The van der Waals surface area contributed by atoms with Crippen LogP contribution in [0.2, 0.25) is 0 Å². The van der Waals surface area contributed by atoms with Crippen molar-refractivity contribution >= 4 is 33.6 Å². The van der Waals surface area contributed by atoms with Crippen LogP contribution >= 0.6 is 22.6 Å². The van der Waals surface area contributed by atoms with E-state index in [9.17, 15) is 0 Å². The molecule has 21 heavy (non-hydrogen) atoms. The zero-order valence-corrected chi connectivity index (χ0v) is 13.4. The average molecular weight is 385 g/mol. The van der Waals surface area contributed by atoms with Gasteiger partial charge in [0.05, 0.1) is 22.7 Å². The van der Waals surface area contributed by atoms with Crippen molar-refractivity contribution < 1.29 is 0 Å². The highest BCUT2D eigenvalue weighted by Gasteiger charge is 2.29. The first kappa shape index (κ1) is 12.8. The number of halogens is 1. The molecule has 0 atom stereocenters. The SMILES string of the molecule is N#Cc1ccc2c(c1)nc(-c1ccccc1I)n2C1CC1. The van der Waals surface area contributed by atoms with Crippen LogP contribution in [0.3, 0.4) is 0 Å². The maximum Gasteiger partial charge on any atom is 0.142 e. The highest BCUT2D eigenvalue weighted by atomic mass is 127. The summed E-state index contributed by atoms with van der Waals surface area (Å²) in [5.41, 5.74) is 3.87. The fourth-order valence-corrected chi connectivity index (χ4v) is 3.33. The van der Waals surface area contributed by atoms with Crippen LogP contribution < -0.4 is 0 Å². The molecule has 0 aliphatic heterocycles. The van der Waals surface area contributed by atoms with Gasteiger partial charge in [0, 0.05) is 15.2 Å². The van der Waals surface area contributed by atoms with Crippen LogP contribution in [0.5, 0.6) is 0 Å².